The second-order valence-electron chi connectivity index (χ2n) is 16.3. The number of nitrogens with zero attached hydrogens (tertiary/aromatic N) is 2. The number of halogens is 1. The molecule has 0 saturated heterocycles. The van der Waals surface area contributed by atoms with Crippen molar-refractivity contribution in [2.45, 2.75) is 0 Å². The highest BCUT2D eigenvalue weighted by Crippen LogP contribution is 2.41. The fourth-order valence-electron chi connectivity index (χ4n) is 9.35. The molecule has 10 aromatic carbocycles. The molecule has 0 aliphatic heterocycles. The summed E-state index contributed by atoms with van der Waals surface area (Å²) < 4.78 is 22.6. The molecular weight excluding hydrogens is 784 g/mol. The Kier molecular flexibility index (Phi) is 9.01. The van der Waals surface area contributed by atoms with Crippen LogP contribution in [0.3, 0.4) is 0 Å². The summed E-state index contributed by atoms with van der Waals surface area (Å²) in [6.07, 6.45) is 0. The highest BCUT2D eigenvalue weighted by atomic mass is 19.1. The van der Waals surface area contributed by atoms with Gasteiger partial charge in [-0.3, -0.25) is 0 Å². The summed E-state index contributed by atoms with van der Waals surface area (Å²) >= 11 is 0. The average molecular weight is 823 g/mol. The van der Waals surface area contributed by atoms with Crippen LogP contribution in [0.5, 0.6) is 0 Å². The lowest BCUT2D eigenvalue weighted by Gasteiger charge is -2.26. The lowest BCUT2D eigenvalue weighted by molar-refractivity contribution is 0.627. The van der Waals surface area contributed by atoms with Gasteiger partial charge >= 0.3 is 0 Å². The Bertz CT molecular complexity index is 3640. The molecule has 0 saturated carbocycles. The number of rotatable bonds is 8. The lowest BCUT2D eigenvalue weighted by atomic mass is 9.98. The zero-order chi connectivity index (χ0) is 42.6. The Hall–Kier alpha value is -8.47. The highest BCUT2D eigenvalue weighted by Gasteiger charge is 2.18. The van der Waals surface area contributed by atoms with E-state index in [1.807, 2.05) is 24.3 Å². The molecule has 12 aromatic rings. The van der Waals surface area contributed by atoms with Crippen molar-refractivity contribution in [3.05, 3.63) is 242 Å². The number of hydrogen-bond acceptors (Lipinski definition) is 2. The van der Waals surface area contributed by atoms with Gasteiger partial charge in [-0.15, -0.1) is 0 Å². The molecule has 2 heterocycles. The van der Waals surface area contributed by atoms with Gasteiger partial charge in [0.05, 0.1) is 11.0 Å². The minimum Gasteiger partial charge on any atom is -0.455 e. The third kappa shape index (κ3) is 6.52. The average Bonchev–Trinajstić information content (AvgIpc) is 3.91. The van der Waals surface area contributed by atoms with E-state index in [1.165, 1.54) is 28.8 Å². The van der Waals surface area contributed by atoms with Crippen LogP contribution in [-0.2, 0) is 0 Å². The van der Waals surface area contributed by atoms with Gasteiger partial charge in [-0.25, -0.2) is 4.39 Å². The van der Waals surface area contributed by atoms with Crippen molar-refractivity contribution in [3.8, 4) is 50.2 Å². The van der Waals surface area contributed by atoms with E-state index in [0.29, 0.717) is 0 Å². The minimum absolute atomic E-state index is 0.246. The molecule has 2 aromatic heterocycles. The third-order valence-electron chi connectivity index (χ3n) is 12.5. The molecular formula is C60H39FN2O. The normalized spacial score (nSPS) is 11.5. The molecule has 0 unspecified atom stereocenters. The van der Waals surface area contributed by atoms with E-state index in [0.717, 1.165) is 94.3 Å². The molecule has 0 aliphatic rings. The molecule has 0 atom stereocenters. The SMILES string of the molecule is Fc1ccc(-n2c3ccccc3c3cc(-c4ccc(N(c5ccc(-c6cccc(-c7ccccc7)c6)cc5)c5ccc(-c6cccc7c6oc6ccccc67)cc5)cc4)ccc32)cc1. The second-order valence-corrected chi connectivity index (χ2v) is 16.3. The fraction of sp³-hybridized carbons (Fsp3) is 0. The lowest BCUT2D eigenvalue weighted by Crippen LogP contribution is -2.09. The summed E-state index contributed by atoms with van der Waals surface area (Å²) in [5.74, 6) is -0.246. The Morgan fingerprint density at radius 2 is 0.844 bits per heavy atom. The molecule has 0 N–H and O–H groups in total. The van der Waals surface area contributed by atoms with Crippen molar-refractivity contribution in [1.82, 2.24) is 4.57 Å². The van der Waals surface area contributed by atoms with Gasteiger partial charge in [0.15, 0.2) is 0 Å². The highest BCUT2D eigenvalue weighted by molar-refractivity contribution is 6.11. The third-order valence-corrected chi connectivity index (χ3v) is 12.5. The number of anilines is 3. The van der Waals surface area contributed by atoms with E-state index in [2.05, 4.69) is 210 Å². The van der Waals surface area contributed by atoms with Gasteiger partial charge in [-0.05, 0) is 130 Å². The predicted octanol–water partition coefficient (Wildman–Crippen LogP) is 17.0. The van der Waals surface area contributed by atoms with Crippen molar-refractivity contribution in [2.24, 2.45) is 0 Å². The van der Waals surface area contributed by atoms with E-state index in [-0.39, 0.29) is 5.82 Å². The minimum atomic E-state index is -0.246. The summed E-state index contributed by atoms with van der Waals surface area (Å²) in [7, 11) is 0. The van der Waals surface area contributed by atoms with E-state index in [4.69, 9.17) is 4.42 Å². The number of benzene rings is 10. The van der Waals surface area contributed by atoms with Crippen LogP contribution in [0.1, 0.15) is 0 Å². The standard InChI is InChI=1S/C60H39FN2O/c61-47-27-35-51(36-28-47)63-57-18-6-4-14-53(57)56-39-46(26-37-58(56)63)42-22-31-49(32-23-42)62(48-29-20-41(21-30-48)45-13-8-12-44(38-45)40-10-2-1-3-11-40)50-33-24-43(25-34-50)52-16-9-17-55-54-15-5-7-19-59(54)64-60(52)55/h1-39H. The molecule has 12 rings (SSSR count). The maximum Gasteiger partial charge on any atom is 0.143 e. The maximum absolute atomic E-state index is 14.0. The number of aromatic nitrogens is 1. The quantitative estimate of drug-likeness (QED) is 0.152. The van der Waals surface area contributed by atoms with Crippen LogP contribution in [0.15, 0.2) is 241 Å². The van der Waals surface area contributed by atoms with Gasteiger partial charge in [0.2, 0.25) is 0 Å². The molecule has 302 valence electrons. The molecule has 4 heteroatoms. The smallest absolute Gasteiger partial charge is 0.143 e. The molecule has 0 aliphatic carbocycles. The van der Waals surface area contributed by atoms with Crippen LogP contribution in [0, 0.1) is 5.82 Å². The number of fused-ring (bicyclic) bond motifs is 6. The summed E-state index contributed by atoms with van der Waals surface area (Å²) in [6, 6.07) is 82.1. The first kappa shape index (κ1) is 37.3. The van der Waals surface area contributed by atoms with Crippen molar-refractivity contribution >= 4 is 60.8 Å². The van der Waals surface area contributed by atoms with Crippen LogP contribution in [0.2, 0.25) is 0 Å². The van der Waals surface area contributed by atoms with E-state index < -0.39 is 0 Å². The second kappa shape index (κ2) is 15.5. The monoisotopic (exact) mass is 822 g/mol. The number of hydrogen-bond donors (Lipinski definition) is 0. The Labute approximate surface area is 370 Å². The zero-order valence-electron chi connectivity index (χ0n) is 34.7. The van der Waals surface area contributed by atoms with Gasteiger partial charge in [0.1, 0.15) is 17.0 Å². The zero-order valence-corrected chi connectivity index (χ0v) is 34.7. The molecule has 3 nitrogen and oxygen atoms in total. The van der Waals surface area contributed by atoms with Gasteiger partial charge in [-0.1, -0.05) is 146 Å². The first-order valence-corrected chi connectivity index (χ1v) is 21.6. The van der Waals surface area contributed by atoms with E-state index in [1.54, 1.807) is 0 Å². The van der Waals surface area contributed by atoms with Crippen molar-refractivity contribution in [2.75, 3.05) is 4.90 Å². The van der Waals surface area contributed by atoms with Crippen molar-refractivity contribution in [1.29, 1.82) is 0 Å². The van der Waals surface area contributed by atoms with Crippen molar-refractivity contribution < 1.29 is 8.81 Å². The van der Waals surface area contributed by atoms with Crippen LogP contribution < -0.4 is 4.90 Å². The molecule has 0 fully saturated rings. The molecule has 0 spiro atoms. The molecule has 0 radical (unpaired) electrons. The van der Waals surface area contributed by atoms with Crippen LogP contribution in [-0.4, -0.2) is 4.57 Å². The Morgan fingerprint density at radius 1 is 0.344 bits per heavy atom. The summed E-state index contributed by atoms with van der Waals surface area (Å²) in [5, 5.41) is 4.54. The number of furan rings is 1. The first-order valence-electron chi connectivity index (χ1n) is 21.6. The molecule has 0 amide bonds. The van der Waals surface area contributed by atoms with Crippen LogP contribution in [0.4, 0.5) is 21.5 Å². The maximum atomic E-state index is 14.0. The topological polar surface area (TPSA) is 21.3 Å². The summed E-state index contributed by atoms with van der Waals surface area (Å²) in [6.45, 7) is 0. The largest absolute Gasteiger partial charge is 0.455 e. The summed E-state index contributed by atoms with van der Waals surface area (Å²) in [4.78, 5) is 2.32. The molecule has 0 bridgehead atoms. The van der Waals surface area contributed by atoms with Crippen molar-refractivity contribution in [3.63, 3.8) is 0 Å². The van der Waals surface area contributed by atoms with Gasteiger partial charge in [-0.2, -0.15) is 0 Å². The fourth-order valence-corrected chi connectivity index (χ4v) is 9.35. The van der Waals surface area contributed by atoms with Gasteiger partial charge < -0.3 is 13.9 Å². The molecule has 64 heavy (non-hydrogen) atoms. The van der Waals surface area contributed by atoms with Crippen LogP contribution >= 0.6 is 0 Å². The van der Waals surface area contributed by atoms with Gasteiger partial charge in [0.25, 0.3) is 0 Å². The predicted molar refractivity (Wildman–Crippen MR) is 264 cm³/mol. The number of para-hydroxylation sites is 3. The van der Waals surface area contributed by atoms with Gasteiger partial charge in [0, 0.05) is 49.9 Å². The summed E-state index contributed by atoms with van der Waals surface area (Å²) in [5.41, 5.74) is 17.1. The van der Waals surface area contributed by atoms with E-state index >= 15 is 0 Å². The Morgan fingerprint density at radius 3 is 1.53 bits per heavy atom. The van der Waals surface area contributed by atoms with Crippen LogP contribution in [0.25, 0.3) is 93.9 Å². The Balaban J connectivity index is 0.924. The van der Waals surface area contributed by atoms with E-state index in [9.17, 15) is 4.39 Å². The first-order chi connectivity index (χ1) is 31.6.